The Balaban J connectivity index is 1.70. The number of fused-ring (bicyclic) bond motifs is 4. The topological polar surface area (TPSA) is 151 Å². The zero-order valence-corrected chi connectivity index (χ0v) is 21.3. The lowest BCUT2D eigenvalue weighted by Crippen LogP contribution is -2.27. The van der Waals surface area contributed by atoms with Crippen molar-refractivity contribution >= 4 is 39.7 Å². The number of aromatic nitrogens is 2. The Morgan fingerprint density at radius 1 is 1.08 bits per heavy atom. The van der Waals surface area contributed by atoms with E-state index in [0.717, 1.165) is 16.7 Å². The van der Waals surface area contributed by atoms with Gasteiger partial charge in [0.15, 0.2) is 22.5 Å². The van der Waals surface area contributed by atoms with Crippen LogP contribution in [0.3, 0.4) is 0 Å². The highest BCUT2D eigenvalue weighted by Crippen LogP contribution is 2.31. The van der Waals surface area contributed by atoms with Gasteiger partial charge >= 0.3 is 16.3 Å². The highest BCUT2D eigenvalue weighted by Gasteiger charge is 2.28. The number of nitrogens with two attached hydrogens (primary N) is 1. The number of hydrogen-bond acceptors (Lipinski definition) is 6. The van der Waals surface area contributed by atoms with E-state index in [1.165, 1.54) is 17.0 Å². The van der Waals surface area contributed by atoms with E-state index in [1.807, 2.05) is 43.3 Å². The molecule has 12 heteroatoms. The summed E-state index contributed by atoms with van der Waals surface area (Å²) in [5.41, 5.74) is 10.3. The third kappa shape index (κ3) is 4.29. The number of carbonyl (C=O) groups is 1. The predicted octanol–water partition coefficient (Wildman–Crippen LogP) is 2.83. The molecule has 2 amide bonds. The molecule has 39 heavy (non-hydrogen) atoms. The molecule has 3 aromatic carbocycles. The van der Waals surface area contributed by atoms with Crippen molar-refractivity contribution in [3.05, 3.63) is 98.4 Å². The summed E-state index contributed by atoms with van der Waals surface area (Å²) < 4.78 is 49.4. The van der Waals surface area contributed by atoms with Gasteiger partial charge in [-0.2, -0.15) is 13.4 Å². The number of hydrogen-bond donors (Lipinski definition) is 3. The average molecular weight is 545 g/mol. The number of benzene rings is 3. The molecule has 1 aliphatic heterocycles. The van der Waals surface area contributed by atoms with Crippen LogP contribution in [0.25, 0.3) is 17.2 Å². The van der Waals surface area contributed by atoms with Gasteiger partial charge < -0.3 is 5.73 Å². The predicted molar refractivity (Wildman–Crippen MR) is 143 cm³/mol. The lowest BCUT2D eigenvalue weighted by molar-refractivity contribution is 0.254. The normalized spacial score (nSPS) is 14.3. The second-order valence-corrected chi connectivity index (χ2v) is 10.3. The number of carbonyl (C=O) groups excluding carboxylic acids is 1. The summed E-state index contributed by atoms with van der Waals surface area (Å²) in [6.45, 7) is 1.90. The molecule has 4 N–H and O–H groups in total. The quantitative estimate of drug-likeness (QED) is 0.288. The Bertz CT molecular complexity index is 2030. The molecule has 4 aromatic rings. The van der Waals surface area contributed by atoms with Gasteiger partial charge in [0, 0.05) is 0 Å². The molecule has 6 rings (SSSR count). The van der Waals surface area contributed by atoms with Crippen molar-refractivity contribution in [3.63, 3.8) is 0 Å². The molecule has 1 aromatic heterocycles. The molecule has 0 spiro atoms. The van der Waals surface area contributed by atoms with Crippen LogP contribution in [0.15, 0.2) is 59.6 Å². The summed E-state index contributed by atoms with van der Waals surface area (Å²) in [4.78, 5) is 27.2. The first-order valence-electron chi connectivity index (χ1n) is 12.0. The molecule has 1 aliphatic carbocycles. The standard InChI is InChI=1S/C27H21FN6O4S/c1-2-15-11-19-18-6-4-3-5-16(18)12-20(19)21(22(15)33-39(36,37)38)25-31-24(29)23-26(32-25)34(27(35)30-23)13-14-7-9-17(28)10-8-14/h3-12,33H,2,13H2,1H3,(H2,29,31)(H,36,37,38). The molecule has 2 aliphatic rings. The number of urea groups is 1. The number of amides is 2. The fourth-order valence-electron chi connectivity index (χ4n) is 4.94. The van der Waals surface area contributed by atoms with Crippen LogP contribution < -0.4 is 25.9 Å². The Morgan fingerprint density at radius 2 is 1.82 bits per heavy atom. The van der Waals surface area contributed by atoms with Gasteiger partial charge in [0.2, 0.25) is 0 Å². The number of nitrogens with one attached hydrogen (secondary N) is 1. The van der Waals surface area contributed by atoms with E-state index in [2.05, 4.69) is 19.7 Å². The molecule has 0 radical (unpaired) electrons. The summed E-state index contributed by atoms with van der Waals surface area (Å²) in [7, 11) is -4.67. The second-order valence-electron chi connectivity index (χ2n) is 9.12. The highest BCUT2D eigenvalue weighted by atomic mass is 32.2. The van der Waals surface area contributed by atoms with E-state index in [0.29, 0.717) is 28.0 Å². The molecule has 0 unspecified atom stereocenters. The van der Waals surface area contributed by atoms with Gasteiger partial charge in [-0.3, -0.25) is 14.2 Å². The first-order chi connectivity index (χ1) is 18.6. The van der Waals surface area contributed by atoms with Gasteiger partial charge in [-0.25, -0.2) is 19.2 Å². The third-order valence-electron chi connectivity index (χ3n) is 6.68. The van der Waals surface area contributed by atoms with E-state index >= 15 is 0 Å². The molecule has 0 saturated carbocycles. The van der Waals surface area contributed by atoms with Crippen molar-refractivity contribution in [2.75, 3.05) is 15.4 Å². The monoisotopic (exact) mass is 544 g/mol. The molecule has 0 saturated heterocycles. The van der Waals surface area contributed by atoms with E-state index in [9.17, 15) is 22.2 Å². The van der Waals surface area contributed by atoms with Crippen LogP contribution in [0, 0.1) is 16.5 Å². The van der Waals surface area contributed by atoms with Gasteiger partial charge in [-0.05, 0) is 63.7 Å². The highest BCUT2D eigenvalue weighted by molar-refractivity contribution is 7.87. The maximum absolute atomic E-state index is 13.4. The van der Waals surface area contributed by atoms with Crippen molar-refractivity contribution in [3.8, 4) is 11.1 Å². The van der Waals surface area contributed by atoms with Crippen molar-refractivity contribution in [1.29, 1.82) is 0 Å². The third-order valence-corrected chi connectivity index (χ3v) is 7.14. The lowest BCUT2D eigenvalue weighted by Gasteiger charge is -2.16. The minimum Gasteiger partial charge on any atom is -0.382 e. The first-order valence-corrected chi connectivity index (χ1v) is 13.4. The Hall–Kier alpha value is -4.68. The molecule has 0 bridgehead atoms. The molecular weight excluding hydrogens is 523 g/mol. The number of nitrogen functional groups attached to an aromatic ring is 1. The van der Waals surface area contributed by atoms with E-state index in [4.69, 9.17) is 5.73 Å². The summed E-state index contributed by atoms with van der Waals surface area (Å²) in [5, 5.41) is 1.02. The van der Waals surface area contributed by atoms with Crippen molar-refractivity contribution < 1.29 is 22.2 Å². The van der Waals surface area contributed by atoms with E-state index in [-0.39, 0.29) is 34.7 Å². The molecule has 10 nitrogen and oxygen atoms in total. The lowest BCUT2D eigenvalue weighted by atomic mass is 9.99. The van der Waals surface area contributed by atoms with Gasteiger partial charge in [0.1, 0.15) is 5.82 Å². The molecule has 0 atom stereocenters. The maximum atomic E-state index is 13.4. The van der Waals surface area contributed by atoms with Crippen LogP contribution in [-0.2, 0) is 23.3 Å². The zero-order chi connectivity index (χ0) is 27.5. The Labute approximate surface area is 221 Å². The zero-order valence-electron chi connectivity index (χ0n) is 20.5. The van der Waals surface area contributed by atoms with Crippen molar-refractivity contribution in [1.82, 2.24) is 9.97 Å². The van der Waals surface area contributed by atoms with Gasteiger partial charge in [-0.15, -0.1) is 0 Å². The van der Waals surface area contributed by atoms with Crippen LogP contribution in [0.5, 0.6) is 0 Å². The number of anilines is 3. The van der Waals surface area contributed by atoms with E-state index in [1.54, 1.807) is 12.1 Å². The smallest absolute Gasteiger partial charge is 0.357 e. The maximum Gasteiger partial charge on any atom is 0.357 e. The summed E-state index contributed by atoms with van der Waals surface area (Å²) in [5.74, 6) is -0.351. The van der Waals surface area contributed by atoms with Crippen LogP contribution >= 0.6 is 0 Å². The van der Waals surface area contributed by atoms with Gasteiger partial charge in [0.25, 0.3) is 0 Å². The summed E-state index contributed by atoms with van der Waals surface area (Å²) in [6, 6.07) is 14.6. The SMILES string of the molecule is CCc1cc2c(c(=c3nc(N)c4c(n3)N(Cc3ccc(F)cc3)C(=O)N=4)c1NS(=O)(=O)O)=Cc1ccccc1-2. The van der Waals surface area contributed by atoms with Crippen LogP contribution in [0.4, 0.5) is 26.5 Å². The number of aryl methyl sites for hydroxylation is 1. The van der Waals surface area contributed by atoms with Gasteiger partial charge in [-0.1, -0.05) is 43.3 Å². The Kier molecular flexibility index (Phi) is 5.66. The van der Waals surface area contributed by atoms with Gasteiger partial charge in [0.05, 0.1) is 17.5 Å². The first kappa shape index (κ1) is 24.6. The molecule has 0 fully saturated rings. The van der Waals surface area contributed by atoms with Crippen molar-refractivity contribution in [2.45, 2.75) is 19.9 Å². The fourth-order valence-corrected chi connectivity index (χ4v) is 5.43. The number of rotatable bonds is 5. The van der Waals surface area contributed by atoms with Crippen molar-refractivity contribution in [2.24, 2.45) is 4.99 Å². The number of nitrogens with zero attached hydrogens (tertiary/aromatic N) is 4. The summed E-state index contributed by atoms with van der Waals surface area (Å²) in [6.07, 6.45) is 2.30. The fraction of sp³-hybridized carbons (Fsp3) is 0.111. The summed E-state index contributed by atoms with van der Waals surface area (Å²) >= 11 is 0. The second kappa shape index (κ2) is 8.96. The molecule has 196 valence electrons. The van der Waals surface area contributed by atoms with E-state index < -0.39 is 22.2 Å². The number of halogens is 1. The van der Waals surface area contributed by atoms with Crippen LogP contribution in [-0.4, -0.2) is 29.0 Å². The molecule has 2 heterocycles. The Morgan fingerprint density at radius 3 is 2.54 bits per heavy atom. The average Bonchev–Trinajstić information content (AvgIpc) is 3.41. The molecular formula is C27H21FN6O4S. The van der Waals surface area contributed by atoms with Crippen LogP contribution in [0.2, 0.25) is 0 Å². The van der Waals surface area contributed by atoms with Crippen LogP contribution in [0.1, 0.15) is 23.6 Å². The minimum absolute atomic E-state index is 0.0435. The largest absolute Gasteiger partial charge is 0.382 e. The minimum atomic E-state index is -4.67.